The molecule has 130 valence electrons. The molecule has 0 spiro atoms. The second-order valence-electron chi connectivity index (χ2n) is 4.56. The van der Waals surface area contributed by atoms with Crippen molar-refractivity contribution in [2.24, 2.45) is 0 Å². The van der Waals surface area contributed by atoms with E-state index < -0.39 is 11.8 Å². The standard InChI is InChI=1S/C16H14ClN3O4S/c17-12-5-1-2-6-13(12)24-10-15(22)19-20-16(25)18-14(21)8-7-11-4-3-9-23-11/h1-9H,10H2,(H,19,22)(H2,18,20,21,25)/b8-7+. The molecule has 0 radical (unpaired) electrons. The molecule has 0 aliphatic rings. The summed E-state index contributed by atoms with van der Waals surface area (Å²) < 4.78 is 10.3. The molecule has 0 bridgehead atoms. The van der Waals surface area contributed by atoms with Crippen molar-refractivity contribution >= 4 is 46.8 Å². The van der Waals surface area contributed by atoms with Crippen molar-refractivity contribution in [3.8, 4) is 5.75 Å². The number of rotatable bonds is 5. The van der Waals surface area contributed by atoms with Crippen LogP contribution < -0.4 is 20.9 Å². The van der Waals surface area contributed by atoms with Gasteiger partial charge in [0, 0.05) is 6.08 Å². The van der Waals surface area contributed by atoms with E-state index in [0.29, 0.717) is 16.5 Å². The number of thiocarbonyl (C=S) groups is 1. The van der Waals surface area contributed by atoms with Gasteiger partial charge in [-0.1, -0.05) is 23.7 Å². The summed E-state index contributed by atoms with van der Waals surface area (Å²) in [6, 6.07) is 10.2. The average Bonchev–Trinajstić information content (AvgIpc) is 3.11. The van der Waals surface area contributed by atoms with Crippen molar-refractivity contribution in [2.45, 2.75) is 0 Å². The topological polar surface area (TPSA) is 92.6 Å². The predicted molar refractivity (Wildman–Crippen MR) is 96.7 cm³/mol. The van der Waals surface area contributed by atoms with Gasteiger partial charge in [-0.05, 0) is 42.6 Å². The molecule has 3 N–H and O–H groups in total. The monoisotopic (exact) mass is 379 g/mol. The predicted octanol–water partition coefficient (Wildman–Crippen LogP) is 2.05. The zero-order valence-corrected chi connectivity index (χ0v) is 14.4. The van der Waals surface area contributed by atoms with E-state index in [0.717, 1.165) is 0 Å². The summed E-state index contributed by atoms with van der Waals surface area (Å²) in [7, 11) is 0. The number of para-hydroxylation sites is 1. The fourth-order valence-electron chi connectivity index (χ4n) is 1.60. The number of halogens is 1. The second kappa shape index (κ2) is 9.45. The van der Waals surface area contributed by atoms with Crippen molar-refractivity contribution in [2.75, 3.05) is 6.61 Å². The minimum Gasteiger partial charge on any atom is -0.482 e. The van der Waals surface area contributed by atoms with E-state index in [2.05, 4.69) is 16.2 Å². The van der Waals surface area contributed by atoms with Gasteiger partial charge in [0.25, 0.3) is 5.91 Å². The molecule has 0 fully saturated rings. The van der Waals surface area contributed by atoms with Gasteiger partial charge in [-0.25, -0.2) is 0 Å². The summed E-state index contributed by atoms with van der Waals surface area (Å²) in [6.07, 6.45) is 4.22. The fourth-order valence-corrected chi connectivity index (χ4v) is 1.94. The van der Waals surface area contributed by atoms with Crippen molar-refractivity contribution in [1.29, 1.82) is 0 Å². The van der Waals surface area contributed by atoms with E-state index in [-0.39, 0.29) is 11.7 Å². The Bertz CT molecular complexity index is 777. The molecule has 1 aromatic heterocycles. The SMILES string of the molecule is O=C(/C=C/c1ccco1)NC(=S)NNC(=O)COc1ccccc1Cl. The molecule has 1 heterocycles. The van der Waals surface area contributed by atoms with Crippen molar-refractivity contribution in [3.63, 3.8) is 0 Å². The van der Waals surface area contributed by atoms with E-state index >= 15 is 0 Å². The molecule has 7 nitrogen and oxygen atoms in total. The molecule has 0 atom stereocenters. The molecule has 25 heavy (non-hydrogen) atoms. The van der Waals surface area contributed by atoms with Crippen LogP contribution in [0.4, 0.5) is 0 Å². The van der Waals surface area contributed by atoms with Gasteiger partial charge in [0.05, 0.1) is 11.3 Å². The number of ether oxygens (including phenoxy) is 1. The van der Waals surface area contributed by atoms with Crippen molar-refractivity contribution in [1.82, 2.24) is 16.2 Å². The number of furan rings is 1. The Labute approximate surface area is 154 Å². The Morgan fingerprint density at radius 2 is 2.00 bits per heavy atom. The number of amides is 2. The number of hydrogen-bond acceptors (Lipinski definition) is 5. The van der Waals surface area contributed by atoms with E-state index in [9.17, 15) is 9.59 Å². The van der Waals surface area contributed by atoms with Gasteiger partial charge in [-0.3, -0.25) is 25.8 Å². The Hall–Kier alpha value is -2.84. The minimum atomic E-state index is -0.498. The highest BCUT2D eigenvalue weighted by atomic mass is 35.5. The van der Waals surface area contributed by atoms with E-state index in [1.807, 2.05) is 0 Å². The Kier molecular flexibility index (Phi) is 7.00. The smallest absolute Gasteiger partial charge is 0.276 e. The minimum absolute atomic E-state index is 0.0693. The van der Waals surface area contributed by atoms with E-state index in [1.54, 1.807) is 36.4 Å². The third-order valence-corrected chi connectivity index (χ3v) is 3.21. The first-order chi connectivity index (χ1) is 12.0. The highest BCUT2D eigenvalue weighted by molar-refractivity contribution is 7.80. The van der Waals surface area contributed by atoms with Gasteiger partial charge in [0.1, 0.15) is 11.5 Å². The highest BCUT2D eigenvalue weighted by Gasteiger charge is 2.06. The lowest BCUT2D eigenvalue weighted by atomic mass is 10.3. The summed E-state index contributed by atoms with van der Waals surface area (Å²) >= 11 is 10.8. The van der Waals surface area contributed by atoms with Gasteiger partial charge >= 0.3 is 0 Å². The molecular weight excluding hydrogens is 366 g/mol. The van der Waals surface area contributed by atoms with E-state index in [4.69, 9.17) is 33.0 Å². The Morgan fingerprint density at radius 3 is 2.72 bits per heavy atom. The van der Waals surface area contributed by atoms with Crippen LogP contribution >= 0.6 is 23.8 Å². The molecule has 2 rings (SSSR count). The summed E-state index contributed by atoms with van der Waals surface area (Å²) in [5.74, 6) is -0.0598. The molecular formula is C16H14ClN3O4S. The van der Waals surface area contributed by atoms with Crippen LogP contribution in [0.5, 0.6) is 5.75 Å². The molecule has 2 aromatic rings. The van der Waals surface area contributed by atoms with Crippen LogP contribution in [0.25, 0.3) is 6.08 Å². The van der Waals surface area contributed by atoms with Crippen LogP contribution in [0, 0.1) is 0 Å². The molecule has 0 aliphatic heterocycles. The first-order valence-corrected chi connectivity index (χ1v) is 7.82. The lowest BCUT2D eigenvalue weighted by Crippen LogP contribution is -2.49. The average molecular weight is 380 g/mol. The normalized spacial score (nSPS) is 10.3. The summed E-state index contributed by atoms with van der Waals surface area (Å²) in [6.45, 7) is -0.272. The van der Waals surface area contributed by atoms with Crippen LogP contribution in [0.1, 0.15) is 5.76 Å². The maximum Gasteiger partial charge on any atom is 0.276 e. The van der Waals surface area contributed by atoms with E-state index in [1.165, 1.54) is 18.4 Å². The summed E-state index contributed by atoms with van der Waals surface area (Å²) in [5.41, 5.74) is 4.68. The number of carbonyl (C=O) groups excluding carboxylic acids is 2. The molecule has 0 unspecified atom stereocenters. The van der Waals surface area contributed by atoms with Crippen LogP contribution in [0.3, 0.4) is 0 Å². The Balaban J connectivity index is 1.68. The van der Waals surface area contributed by atoms with Crippen LogP contribution in [0.15, 0.2) is 53.2 Å². The lowest BCUT2D eigenvalue weighted by Gasteiger charge is -2.11. The number of carbonyl (C=O) groups is 2. The van der Waals surface area contributed by atoms with Crippen molar-refractivity contribution in [3.05, 3.63) is 59.5 Å². The van der Waals surface area contributed by atoms with Crippen LogP contribution in [0.2, 0.25) is 5.02 Å². The number of hydrazine groups is 1. The maximum absolute atomic E-state index is 11.7. The van der Waals surface area contributed by atoms with Crippen LogP contribution in [-0.4, -0.2) is 23.5 Å². The third kappa shape index (κ3) is 6.66. The van der Waals surface area contributed by atoms with Gasteiger partial charge in [0.15, 0.2) is 11.7 Å². The Morgan fingerprint density at radius 1 is 1.20 bits per heavy atom. The number of benzene rings is 1. The first kappa shape index (κ1) is 18.5. The van der Waals surface area contributed by atoms with Gasteiger partial charge in [-0.15, -0.1) is 0 Å². The summed E-state index contributed by atoms with van der Waals surface area (Å²) in [5, 5.41) is 2.69. The zero-order valence-electron chi connectivity index (χ0n) is 12.8. The van der Waals surface area contributed by atoms with Gasteiger partial charge < -0.3 is 9.15 Å². The van der Waals surface area contributed by atoms with Gasteiger partial charge in [-0.2, -0.15) is 0 Å². The molecule has 2 amide bonds. The molecule has 1 aromatic carbocycles. The maximum atomic E-state index is 11.7. The molecule has 0 saturated carbocycles. The first-order valence-electron chi connectivity index (χ1n) is 7.03. The second-order valence-corrected chi connectivity index (χ2v) is 5.37. The van der Waals surface area contributed by atoms with Gasteiger partial charge in [0.2, 0.25) is 5.91 Å². The lowest BCUT2D eigenvalue weighted by molar-refractivity contribution is -0.123. The highest BCUT2D eigenvalue weighted by Crippen LogP contribution is 2.22. The molecule has 0 saturated heterocycles. The van der Waals surface area contributed by atoms with Crippen LogP contribution in [-0.2, 0) is 9.59 Å². The quantitative estimate of drug-likeness (QED) is 0.418. The van der Waals surface area contributed by atoms with Crippen molar-refractivity contribution < 1.29 is 18.7 Å². The summed E-state index contributed by atoms with van der Waals surface area (Å²) in [4.78, 5) is 23.3. The fraction of sp³-hybridized carbons (Fsp3) is 0.0625. The number of hydrogen-bond donors (Lipinski definition) is 3. The largest absolute Gasteiger partial charge is 0.482 e. The number of nitrogens with one attached hydrogen (secondary N) is 3. The molecule has 9 heteroatoms. The zero-order chi connectivity index (χ0) is 18.1. The third-order valence-electron chi connectivity index (χ3n) is 2.69. The molecule has 0 aliphatic carbocycles.